The van der Waals surface area contributed by atoms with Crippen LogP contribution in [-0.4, -0.2) is 19.3 Å². The van der Waals surface area contributed by atoms with Crippen LogP contribution < -0.4 is 5.48 Å². The normalized spacial score (nSPS) is 8.67. The third-order valence-corrected chi connectivity index (χ3v) is 0.575. The Morgan fingerprint density at radius 2 is 2.11 bits per heavy atom. The predicted molar refractivity (Wildman–Crippen MR) is 31.8 cm³/mol. The molecular formula is C5H11NO3. The molecule has 4 heteroatoms. The van der Waals surface area contributed by atoms with E-state index in [2.05, 4.69) is 15.1 Å². The van der Waals surface area contributed by atoms with Crippen LogP contribution in [0, 0.1) is 0 Å². The molecular weight excluding hydrogens is 122 g/mol. The molecule has 0 rings (SSSR count). The fourth-order valence-corrected chi connectivity index (χ4v) is 0.292. The van der Waals surface area contributed by atoms with E-state index in [0.29, 0.717) is 13.2 Å². The van der Waals surface area contributed by atoms with Crippen LogP contribution in [0.15, 0.2) is 0 Å². The monoisotopic (exact) mass is 133 g/mol. The van der Waals surface area contributed by atoms with E-state index in [0.717, 1.165) is 0 Å². The molecule has 0 aliphatic carbocycles. The average Bonchev–Trinajstić information content (AvgIpc) is 1.85. The number of carbonyl (C=O) groups excluding carboxylic acids is 1. The SMILES string of the molecule is CCONC(=O)OCC. The summed E-state index contributed by atoms with van der Waals surface area (Å²) in [6, 6.07) is 0. The molecule has 0 spiro atoms. The summed E-state index contributed by atoms with van der Waals surface area (Å²) >= 11 is 0. The van der Waals surface area contributed by atoms with E-state index < -0.39 is 6.09 Å². The lowest BCUT2D eigenvalue weighted by Gasteiger charge is -2.01. The first kappa shape index (κ1) is 8.23. The Balaban J connectivity index is 3.06. The van der Waals surface area contributed by atoms with Crippen LogP contribution >= 0.6 is 0 Å². The quantitative estimate of drug-likeness (QED) is 0.576. The summed E-state index contributed by atoms with van der Waals surface area (Å²) in [6.07, 6.45) is -0.542. The first-order chi connectivity index (χ1) is 4.31. The van der Waals surface area contributed by atoms with Gasteiger partial charge in [-0.1, -0.05) is 0 Å². The van der Waals surface area contributed by atoms with E-state index in [-0.39, 0.29) is 0 Å². The van der Waals surface area contributed by atoms with Gasteiger partial charge in [0.25, 0.3) is 0 Å². The summed E-state index contributed by atoms with van der Waals surface area (Å²) in [4.78, 5) is 14.9. The molecule has 0 saturated heterocycles. The zero-order chi connectivity index (χ0) is 7.11. The number of hydroxylamine groups is 1. The van der Waals surface area contributed by atoms with Crippen molar-refractivity contribution in [2.75, 3.05) is 13.2 Å². The van der Waals surface area contributed by atoms with E-state index in [1.165, 1.54) is 0 Å². The molecule has 0 aliphatic heterocycles. The van der Waals surface area contributed by atoms with Gasteiger partial charge in [-0.05, 0) is 13.8 Å². The Morgan fingerprint density at radius 1 is 1.44 bits per heavy atom. The topological polar surface area (TPSA) is 47.6 Å². The Labute approximate surface area is 54.1 Å². The van der Waals surface area contributed by atoms with E-state index in [1.807, 2.05) is 0 Å². The Morgan fingerprint density at radius 3 is 2.56 bits per heavy atom. The van der Waals surface area contributed by atoms with Crippen LogP contribution in [0.1, 0.15) is 13.8 Å². The lowest BCUT2D eigenvalue weighted by molar-refractivity contribution is 0.0362. The highest BCUT2D eigenvalue weighted by Crippen LogP contribution is 1.75. The molecule has 0 atom stereocenters. The van der Waals surface area contributed by atoms with Gasteiger partial charge in [-0.2, -0.15) is 5.48 Å². The van der Waals surface area contributed by atoms with Crippen LogP contribution in [0.2, 0.25) is 0 Å². The minimum atomic E-state index is -0.542. The molecule has 0 aromatic heterocycles. The van der Waals surface area contributed by atoms with E-state index >= 15 is 0 Å². The molecule has 0 unspecified atom stereocenters. The highest BCUT2D eigenvalue weighted by Gasteiger charge is 1.95. The summed E-state index contributed by atoms with van der Waals surface area (Å²) in [7, 11) is 0. The number of nitrogens with one attached hydrogen (secondary N) is 1. The maximum Gasteiger partial charge on any atom is 0.431 e. The third-order valence-electron chi connectivity index (χ3n) is 0.575. The Kier molecular flexibility index (Phi) is 4.91. The van der Waals surface area contributed by atoms with Gasteiger partial charge < -0.3 is 4.74 Å². The van der Waals surface area contributed by atoms with Gasteiger partial charge in [-0.3, -0.25) is 4.84 Å². The van der Waals surface area contributed by atoms with Crippen molar-refractivity contribution in [1.82, 2.24) is 5.48 Å². The van der Waals surface area contributed by atoms with Crippen molar-refractivity contribution >= 4 is 6.09 Å². The highest BCUT2D eigenvalue weighted by molar-refractivity contribution is 5.65. The lowest BCUT2D eigenvalue weighted by Crippen LogP contribution is -2.24. The number of rotatable bonds is 3. The second-order valence-corrected chi connectivity index (χ2v) is 1.26. The van der Waals surface area contributed by atoms with Gasteiger partial charge in [0, 0.05) is 0 Å². The summed E-state index contributed by atoms with van der Waals surface area (Å²) in [5.41, 5.74) is 2.07. The second-order valence-electron chi connectivity index (χ2n) is 1.26. The first-order valence-electron chi connectivity index (χ1n) is 2.85. The molecule has 0 heterocycles. The minimum Gasteiger partial charge on any atom is -0.448 e. The number of ether oxygens (including phenoxy) is 1. The summed E-state index contributed by atoms with van der Waals surface area (Å²) in [5, 5.41) is 0. The van der Waals surface area contributed by atoms with Gasteiger partial charge in [-0.15, -0.1) is 0 Å². The molecule has 4 nitrogen and oxygen atoms in total. The second kappa shape index (κ2) is 5.37. The molecule has 9 heavy (non-hydrogen) atoms. The van der Waals surface area contributed by atoms with Crippen LogP contribution in [0.5, 0.6) is 0 Å². The van der Waals surface area contributed by atoms with Crippen molar-refractivity contribution in [1.29, 1.82) is 0 Å². The van der Waals surface area contributed by atoms with Crippen LogP contribution in [-0.2, 0) is 9.57 Å². The molecule has 0 aliphatic rings. The average molecular weight is 133 g/mol. The molecule has 0 radical (unpaired) electrons. The third kappa shape index (κ3) is 5.10. The van der Waals surface area contributed by atoms with Crippen molar-refractivity contribution in [2.45, 2.75) is 13.8 Å². The largest absolute Gasteiger partial charge is 0.448 e. The molecule has 54 valence electrons. The number of hydrogen-bond donors (Lipinski definition) is 1. The standard InChI is InChI=1S/C5H11NO3/c1-3-8-5(7)6-9-4-2/h3-4H2,1-2H3,(H,6,7). The molecule has 0 bridgehead atoms. The van der Waals surface area contributed by atoms with E-state index in [1.54, 1.807) is 13.8 Å². The van der Waals surface area contributed by atoms with Crippen LogP contribution in [0.4, 0.5) is 4.79 Å². The lowest BCUT2D eigenvalue weighted by atomic mass is 10.9. The van der Waals surface area contributed by atoms with Crippen LogP contribution in [0.25, 0.3) is 0 Å². The Bertz CT molecular complexity index is 84.3. The molecule has 0 saturated carbocycles. The Hall–Kier alpha value is -0.770. The highest BCUT2D eigenvalue weighted by atomic mass is 16.7. The zero-order valence-corrected chi connectivity index (χ0v) is 5.64. The summed E-state index contributed by atoms with van der Waals surface area (Å²) < 4.78 is 4.47. The fourth-order valence-electron chi connectivity index (χ4n) is 0.292. The van der Waals surface area contributed by atoms with Gasteiger partial charge in [0.1, 0.15) is 0 Å². The van der Waals surface area contributed by atoms with Crippen molar-refractivity contribution in [3.05, 3.63) is 0 Å². The predicted octanol–water partition coefficient (Wildman–Crippen LogP) is 0.684. The van der Waals surface area contributed by atoms with Crippen LogP contribution in [0.3, 0.4) is 0 Å². The van der Waals surface area contributed by atoms with Gasteiger partial charge >= 0.3 is 6.09 Å². The van der Waals surface area contributed by atoms with E-state index in [4.69, 9.17) is 0 Å². The summed E-state index contributed by atoms with van der Waals surface area (Å²) in [5.74, 6) is 0. The van der Waals surface area contributed by atoms with Gasteiger partial charge in [-0.25, -0.2) is 4.79 Å². The maximum absolute atomic E-state index is 10.3. The fraction of sp³-hybridized carbons (Fsp3) is 0.800. The van der Waals surface area contributed by atoms with Crippen molar-refractivity contribution in [2.24, 2.45) is 0 Å². The van der Waals surface area contributed by atoms with Crippen molar-refractivity contribution < 1.29 is 14.4 Å². The van der Waals surface area contributed by atoms with Crippen molar-refractivity contribution in [3.63, 3.8) is 0 Å². The number of hydrogen-bond acceptors (Lipinski definition) is 3. The first-order valence-corrected chi connectivity index (χ1v) is 2.85. The molecule has 0 aromatic carbocycles. The molecule has 0 fully saturated rings. The van der Waals surface area contributed by atoms with Gasteiger partial charge in [0.2, 0.25) is 0 Å². The smallest absolute Gasteiger partial charge is 0.431 e. The molecule has 0 aromatic rings. The van der Waals surface area contributed by atoms with Crippen molar-refractivity contribution in [3.8, 4) is 0 Å². The number of amides is 1. The summed E-state index contributed by atoms with van der Waals surface area (Å²) in [6.45, 7) is 4.30. The van der Waals surface area contributed by atoms with Gasteiger partial charge in [0.05, 0.1) is 13.2 Å². The number of carbonyl (C=O) groups is 1. The maximum atomic E-state index is 10.3. The molecule has 1 amide bonds. The van der Waals surface area contributed by atoms with Gasteiger partial charge in [0.15, 0.2) is 0 Å². The minimum absolute atomic E-state index is 0.360. The molecule has 1 N–H and O–H groups in total. The van der Waals surface area contributed by atoms with E-state index in [9.17, 15) is 4.79 Å². The zero-order valence-electron chi connectivity index (χ0n) is 5.64.